The summed E-state index contributed by atoms with van der Waals surface area (Å²) in [5.74, 6) is 0. The van der Waals surface area contributed by atoms with E-state index in [1.165, 1.54) is 0 Å². The van der Waals surface area contributed by atoms with Crippen LogP contribution in [0.25, 0.3) is 23.1 Å². The zero-order valence-corrected chi connectivity index (χ0v) is 10.9. The van der Waals surface area contributed by atoms with Crippen LogP contribution in [0.4, 0.5) is 0 Å². The van der Waals surface area contributed by atoms with Gasteiger partial charge in [-0.15, -0.1) is 0 Å². The van der Waals surface area contributed by atoms with Gasteiger partial charge >= 0.3 is 0 Å². The third kappa shape index (κ3) is 2.83. The topological polar surface area (TPSA) is 12.9 Å². The predicted molar refractivity (Wildman–Crippen MR) is 81.0 cm³/mol. The fourth-order valence-electron chi connectivity index (χ4n) is 1.89. The molecule has 2 heteroatoms. The van der Waals surface area contributed by atoms with E-state index in [0.717, 1.165) is 22.2 Å². The molecular formula is C17H11ClN. The van der Waals surface area contributed by atoms with Crippen LogP contribution >= 0.6 is 11.6 Å². The fourth-order valence-corrected chi connectivity index (χ4v) is 2.06. The molecule has 0 N–H and O–H groups in total. The molecule has 0 aliphatic rings. The van der Waals surface area contributed by atoms with E-state index >= 15 is 0 Å². The van der Waals surface area contributed by atoms with E-state index < -0.39 is 0 Å². The third-order valence-corrected chi connectivity index (χ3v) is 3.09. The summed E-state index contributed by atoms with van der Waals surface area (Å²) in [4.78, 5) is 4.57. The largest absolute Gasteiger partial charge is 0.248 e. The van der Waals surface area contributed by atoms with Gasteiger partial charge in [-0.25, -0.2) is 4.98 Å². The van der Waals surface area contributed by atoms with E-state index in [2.05, 4.69) is 17.1 Å². The first kappa shape index (κ1) is 11.9. The molecule has 1 radical (unpaired) electrons. The maximum Gasteiger partial charge on any atom is 0.0724 e. The molecule has 3 rings (SSSR count). The molecule has 2 aromatic carbocycles. The molecule has 19 heavy (non-hydrogen) atoms. The molecule has 1 nitrogen and oxygen atoms in total. The zero-order valence-electron chi connectivity index (χ0n) is 10.2. The molecule has 0 atom stereocenters. The highest BCUT2D eigenvalue weighted by Gasteiger charge is 1.97. The van der Waals surface area contributed by atoms with Crippen LogP contribution in [0.3, 0.4) is 0 Å². The van der Waals surface area contributed by atoms with E-state index in [0.29, 0.717) is 5.02 Å². The highest BCUT2D eigenvalue weighted by Crippen LogP contribution is 2.18. The summed E-state index contributed by atoms with van der Waals surface area (Å²) >= 11 is 5.98. The van der Waals surface area contributed by atoms with Crippen LogP contribution in [-0.4, -0.2) is 4.98 Å². The lowest BCUT2D eigenvalue weighted by Gasteiger charge is -1.99. The Hall–Kier alpha value is -2.12. The second-order valence-corrected chi connectivity index (χ2v) is 4.68. The Labute approximate surface area is 117 Å². The number of hydrogen-bond donors (Lipinski definition) is 0. The van der Waals surface area contributed by atoms with Gasteiger partial charge in [-0.1, -0.05) is 48.0 Å². The second kappa shape index (κ2) is 5.25. The lowest BCUT2D eigenvalue weighted by Crippen LogP contribution is -1.83. The van der Waals surface area contributed by atoms with Gasteiger partial charge in [0.1, 0.15) is 0 Å². The van der Waals surface area contributed by atoms with Gasteiger partial charge < -0.3 is 0 Å². The normalized spacial score (nSPS) is 11.2. The average Bonchev–Trinajstić information content (AvgIpc) is 2.46. The summed E-state index contributed by atoms with van der Waals surface area (Å²) in [7, 11) is 0. The minimum absolute atomic E-state index is 0.707. The van der Waals surface area contributed by atoms with Crippen molar-refractivity contribution < 1.29 is 0 Å². The van der Waals surface area contributed by atoms with E-state index in [1.54, 1.807) is 0 Å². The molecule has 0 bridgehead atoms. The second-order valence-electron chi connectivity index (χ2n) is 4.24. The predicted octanol–water partition coefficient (Wildman–Crippen LogP) is 4.86. The number of rotatable bonds is 2. The summed E-state index contributed by atoms with van der Waals surface area (Å²) < 4.78 is 0. The maximum atomic E-state index is 5.98. The minimum Gasteiger partial charge on any atom is -0.248 e. The quantitative estimate of drug-likeness (QED) is 0.644. The number of halogens is 1. The van der Waals surface area contributed by atoms with Gasteiger partial charge in [-0.3, -0.25) is 0 Å². The highest BCUT2D eigenvalue weighted by molar-refractivity contribution is 6.31. The standard InChI is InChI=1S/C17H11ClN/c18-15-9-7-14-8-11-16(19-17(14)12-15)10-6-13-4-2-1-3-5-13/h1-2,4-12H. The molecule has 1 aromatic heterocycles. The maximum absolute atomic E-state index is 5.98. The molecule has 0 spiro atoms. The van der Waals surface area contributed by atoms with Crippen molar-refractivity contribution in [2.75, 3.05) is 0 Å². The Morgan fingerprint density at radius 2 is 1.95 bits per heavy atom. The molecule has 1 heterocycles. The van der Waals surface area contributed by atoms with Crippen LogP contribution in [0.1, 0.15) is 11.3 Å². The van der Waals surface area contributed by atoms with Crippen LogP contribution in [0.15, 0.2) is 54.6 Å². The van der Waals surface area contributed by atoms with E-state index in [1.807, 2.05) is 60.7 Å². The van der Waals surface area contributed by atoms with Crippen molar-refractivity contribution in [2.45, 2.75) is 0 Å². The zero-order chi connectivity index (χ0) is 13.1. The van der Waals surface area contributed by atoms with Gasteiger partial charge in [0.05, 0.1) is 11.2 Å². The van der Waals surface area contributed by atoms with Crippen molar-refractivity contribution in [3.8, 4) is 0 Å². The van der Waals surface area contributed by atoms with Crippen molar-refractivity contribution in [1.82, 2.24) is 4.98 Å². The molecule has 0 aliphatic heterocycles. The van der Waals surface area contributed by atoms with E-state index in [9.17, 15) is 0 Å². The number of hydrogen-bond acceptors (Lipinski definition) is 1. The molecule has 0 unspecified atom stereocenters. The number of aromatic nitrogens is 1. The Balaban J connectivity index is 1.95. The van der Waals surface area contributed by atoms with Gasteiger partial charge in [-0.2, -0.15) is 0 Å². The number of benzene rings is 2. The van der Waals surface area contributed by atoms with Crippen molar-refractivity contribution in [2.24, 2.45) is 0 Å². The van der Waals surface area contributed by atoms with Gasteiger partial charge in [0.15, 0.2) is 0 Å². The number of pyridine rings is 1. The monoisotopic (exact) mass is 264 g/mol. The first-order valence-electron chi connectivity index (χ1n) is 6.02. The summed E-state index contributed by atoms with van der Waals surface area (Å²) in [6, 6.07) is 20.6. The molecule has 0 saturated heterocycles. The summed E-state index contributed by atoms with van der Waals surface area (Å²) in [6.07, 6.45) is 4.01. The first-order valence-corrected chi connectivity index (χ1v) is 6.39. The van der Waals surface area contributed by atoms with Crippen molar-refractivity contribution in [1.29, 1.82) is 0 Å². The fraction of sp³-hybridized carbons (Fsp3) is 0. The average molecular weight is 265 g/mol. The Bertz CT molecular complexity index is 733. The molecule has 0 saturated carbocycles. The van der Waals surface area contributed by atoms with Crippen molar-refractivity contribution >= 4 is 34.7 Å². The molecule has 0 fully saturated rings. The molecular weight excluding hydrogens is 254 g/mol. The van der Waals surface area contributed by atoms with Crippen LogP contribution < -0.4 is 0 Å². The van der Waals surface area contributed by atoms with E-state index in [-0.39, 0.29) is 0 Å². The number of nitrogens with zero attached hydrogens (tertiary/aromatic N) is 1. The molecule has 0 amide bonds. The lowest BCUT2D eigenvalue weighted by molar-refractivity contribution is 1.37. The van der Waals surface area contributed by atoms with Crippen LogP contribution in [0.2, 0.25) is 5.02 Å². The van der Waals surface area contributed by atoms with E-state index in [4.69, 9.17) is 11.6 Å². The summed E-state index contributed by atoms with van der Waals surface area (Å²) in [6.45, 7) is 0. The Kier molecular flexibility index (Phi) is 3.30. The first-order chi connectivity index (χ1) is 9.31. The molecule has 0 aliphatic carbocycles. The third-order valence-electron chi connectivity index (χ3n) is 2.85. The van der Waals surface area contributed by atoms with Crippen molar-refractivity contribution in [3.63, 3.8) is 0 Å². The van der Waals surface area contributed by atoms with Gasteiger partial charge in [0.25, 0.3) is 0 Å². The lowest BCUT2D eigenvalue weighted by atomic mass is 10.1. The number of fused-ring (bicyclic) bond motifs is 1. The minimum atomic E-state index is 0.707. The Morgan fingerprint density at radius 1 is 1.05 bits per heavy atom. The van der Waals surface area contributed by atoms with Gasteiger partial charge in [0.2, 0.25) is 0 Å². The summed E-state index contributed by atoms with van der Waals surface area (Å²) in [5.41, 5.74) is 2.93. The molecule has 91 valence electrons. The highest BCUT2D eigenvalue weighted by atomic mass is 35.5. The Morgan fingerprint density at radius 3 is 2.79 bits per heavy atom. The van der Waals surface area contributed by atoms with Gasteiger partial charge in [0, 0.05) is 10.4 Å². The van der Waals surface area contributed by atoms with Crippen LogP contribution in [0.5, 0.6) is 0 Å². The van der Waals surface area contributed by atoms with Crippen LogP contribution in [-0.2, 0) is 0 Å². The molecule has 3 aromatic rings. The van der Waals surface area contributed by atoms with Crippen LogP contribution in [0, 0.1) is 6.07 Å². The smallest absolute Gasteiger partial charge is 0.0724 e. The van der Waals surface area contributed by atoms with Gasteiger partial charge in [-0.05, 0) is 42.0 Å². The SMILES string of the molecule is Clc1ccc2ccc(C=Cc3c[c]ccc3)nc2c1. The summed E-state index contributed by atoms with van der Waals surface area (Å²) in [5, 5.41) is 1.80. The van der Waals surface area contributed by atoms with Crippen molar-refractivity contribution in [3.05, 3.63) is 76.9 Å².